The second-order valence-electron chi connectivity index (χ2n) is 6.90. The van der Waals surface area contributed by atoms with E-state index in [-0.39, 0.29) is 18.1 Å². The van der Waals surface area contributed by atoms with Crippen molar-refractivity contribution in [1.82, 2.24) is 19.6 Å². The molecule has 10 heteroatoms. The van der Waals surface area contributed by atoms with Crippen LogP contribution in [0.25, 0.3) is 0 Å². The van der Waals surface area contributed by atoms with Crippen molar-refractivity contribution in [3.63, 3.8) is 0 Å². The number of hydrogen-bond donors (Lipinski definition) is 1. The molecule has 0 saturated heterocycles. The molecule has 1 atom stereocenters. The largest absolute Gasteiger partial charge is 0.323 e. The van der Waals surface area contributed by atoms with Gasteiger partial charge in [0.25, 0.3) is 0 Å². The van der Waals surface area contributed by atoms with Crippen molar-refractivity contribution < 1.29 is 9.72 Å². The topological polar surface area (TPSA) is 108 Å². The highest BCUT2D eigenvalue weighted by molar-refractivity contribution is 6.30. The van der Waals surface area contributed by atoms with Crippen LogP contribution in [-0.4, -0.2) is 30.4 Å². The van der Waals surface area contributed by atoms with Crippen LogP contribution in [0.5, 0.6) is 0 Å². The molecule has 3 aromatic rings. The van der Waals surface area contributed by atoms with Crippen LogP contribution in [0.15, 0.2) is 36.7 Å². The molecule has 1 N–H and O–H groups in total. The fourth-order valence-electron chi connectivity index (χ4n) is 3.00. The van der Waals surface area contributed by atoms with Crippen molar-refractivity contribution >= 4 is 28.9 Å². The molecule has 0 saturated carbocycles. The van der Waals surface area contributed by atoms with E-state index in [1.54, 1.807) is 6.92 Å². The standard InChI is InChI=1S/C19H21ClN6O3/c1-12(9-24-11-17(8-21-24)26(28)29)19(27)22-18-13(2)23-25(14(18)3)10-15-5-4-6-16(20)7-15/h4-8,11-12H,9-10H2,1-3H3,(H,22,27). The van der Waals surface area contributed by atoms with Crippen LogP contribution in [0.1, 0.15) is 23.9 Å². The van der Waals surface area contributed by atoms with Crippen LogP contribution in [0.2, 0.25) is 5.02 Å². The Balaban J connectivity index is 1.69. The maximum absolute atomic E-state index is 12.6. The number of amides is 1. The number of nitro groups is 1. The molecule has 2 heterocycles. The van der Waals surface area contributed by atoms with Crippen molar-refractivity contribution in [1.29, 1.82) is 0 Å². The van der Waals surface area contributed by atoms with Crippen molar-refractivity contribution in [3.05, 3.63) is 68.7 Å². The average molecular weight is 417 g/mol. The van der Waals surface area contributed by atoms with E-state index in [0.29, 0.717) is 22.9 Å². The van der Waals surface area contributed by atoms with E-state index in [9.17, 15) is 14.9 Å². The zero-order valence-electron chi connectivity index (χ0n) is 16.3. The molecular weight excluding hydrogens is 396 g/mol. The molecular formula is C19H21ClN6O3. The summed E-state index contributed by atoms with van der Waals surface area (Å²) in [7, 11) is 0. The number of anilines is 1. The van der Waals surface area contributed by atoms with Crippen LogP contribution >= 0.6 is 11.6 Å². The van der Waals surface area contributed by atoms with E-state index < -0.39 is 10.8 Å². The van der Waals surface area contributed by atoms with Gasteiger partial charge in [-0.3, -0.25) is 24.3 Å². The number of carbonyl (C=O) groups excluding carboxylic acids is 1. The summed E-state index contributed by atoms with van der Waals surface area (Å²) in [6, 6.07) is 7.54. The first kappa shape index (κ1) is 20.5. The van der Waals surface area contributed by atoms with Gasteiger partial charge in [0, 0.05) is 5.02 Å². The number of carbonyl (C=O) groups is 1. The van der Waals surface area contributed by atoms with E-state index in [1.165, 1.54) is 17.1 Å². The Hall–Kier alpha value is -3.20. The van der Waals surface area contributed by atoms with Gasteiger partial charge in [0.15, 0.2) is 0 Å². The summed E-state index contributed by atoms with van der Waals surface area (Å²) in [5.41, 5.74) is 3.11. The van der Waals surface area contributed by atoms with Crippen molar-refractivity contribution in [2.24, 2.45) is 5.92 Å². The minimum Gasteiger partial charge on any atom is -0.323 e. The molecule has 3 rings (SSSR count). The van der Waals surface area contributed by atoms with Gasteiger partial charge in [-0.1, -0.05) is 30.7 Å². The Morgan fingerprint density at radius 1 is 1.38 bits per heavy atom. The van der Waals surface area contributed by atoms with Gasteiger partial charge >= 0.3 is 5.69 Å². The molecule has 1 amide bonds. The average Bonchev–Trinajstić information content (AvgIpc) is 3.22. The molecule has 2 aromatic heterocycles. The lowest BCUT2D eigenvalue weighted by Gasteiger charge is -2.12. The fraction of sp³-hybridized carbons (Fsp3) is 0.316. The number of aromatic nitrogens is 4. The molecule has 0 aliphatic heterocycles. The number of rotatable bonds is 7. The monoisotopic (exact) mass is 416 g/mol. The van der Waals surface area contributed by atoms with Crippen molar-refractivity contribution in [2.75, 3.05) is 5.32 Å². The first-order valence-electron chi connectivity index (χ1n) is 9.00. The van der Waals surface area contributed by atoms with Gasteiger partial charge in [-0.15, -0.1) is 0 Å². The van der Waals surface area contributed by atoms with E-state index >= 15 is 0 Å². The normalized spacial score (nSPS) is 12.0. The minimum atomic E-state index is -0.519. The quantitative estimate of drug-likeness (QED) is 0.467. The van der Waals surface area contributed by atoms with Crippen molar-refractivity contribution in [3.8, 4) is 0 Å². The van der Waals surface area contributed by atoms with Gasteiger partial charge in [-0.2, -0.15) is 10.2 Å². The Morgan fingerprint density at radius 2 is 2.14 bits per heavy atom. The number of hydrogen-bond acceptors (Lipinski definition) is 5. The molecule has 1 unspecified atom stereocenters. The Morgan fingerprint density at radius 3 is 2.79 bits per heavy atom. The van der Waals surface area contributed by atoms with E-state index in [0.717, 1.165) is 11.3 Å². The zero-order valence-corrected chi connectivity index (χ0v) is 17.1. The highest BCUT2D eigenvalue weighted by Gasteiger charge is 2.20. The SMILES string of the molecule is Cc1nn(Cc2cccc(Cl)c2)c(C)c1NC(=O)C(C)Cn1cc([N+](=O)[O-])cn1. The second kappa shape index (κ2) is 8.44. The second-order valence-corrected chi connectivity index (χ2v) is 7.34. The van der Waals surface area contributed by atoms with Gasteiger partial charge < -0.3 is 5.32 Å². The molecule has 0 spiro atoms. The summed E-state index contributed by atoms with van der Waals surface area (Å²) in [4.78, 5) is 22.9. The molecule has 0 fully saturated rings. The van der Waals surface area contributed by atoms with Gasteiger partial charge in [-0.05, 0) is 31.5 Å². The highest BCUT2D eigenvalue weighted by Crippen LogP contribution is 2.22. The van der Waals surface area contributed by atoms with Crippen molar-refractivity contribution in [2.45, 2.75) is 33.9 Å². The molecule has 1 aromatic carbocycles. The minimum absolute atomic E-state index is 0.105. The molecule has 0 radical (unpaired) electrons. The molecule has 9 nitrogen and oxygen atoms in total. The Kier molecular flexibility index (Phi) is 5.97. The predicted octanol–water partition coefficient (Wildman–Crippen LogP) is 3.58. The summed E-state index contributed by atoms with van der Waals surface area (Å²) in [5, 5.41) is 22.8. The third-order valence-electron chi connectivity index (χ3n) is 4.59. The third-order valence-corrected chi connectivity index (χ3v) is 4.83. The van der Waals surface area contributed by atoms with Crippen LogP contribution < -0.4 is 5.32 Å². The van der Waals surface area contributed by atoms with E-state index in [1.807, 2.05) is 42.8 Å². The third kappa shape index (κ3) is 4.80. The van der Waals surface area contributed by atoms with Gasteiger partial charge in [0.1, 0.15) is 12.4 Å². The summed E-state index contributed by atoms with van der Waals surface area (Å²) < 4.78 is 3.21. The lowest BCUT2D eigenvalue weighted by Crippen LogP contribution is -2.25. The zero-order chi connectivity index (χ0) is 21.1. The summed E-state index contributed by atoms with van der Waals surface area (Å²) in [6.45, 7) is 6.23. The predicted molar refractivity (Wildman–Crippen MR) is 109 cm³/mol. The maximum atomic E-state index is 12.6. The maximum Gasteiger partial charge on any atom is 0.306 e. The van der Waals surface area contributed by atoms with Gasteiger partial charge in [0.05, 0.1) is 41.0 Å². The summed E-state index contributed by atoms with van der Waals surface area (Å²) in [6.07, 6.45) is 2.47. The van der Waals surface area contributed by atoms with E-state index in [4.69, 9.17) is 11.6 Å². The lowest BCUT2D eigenvalue weighted by atomic mass is 10.1. The highest BCUT2D eigenvalue weighted by atomic mass is 35.5. The number of halogens is 1. The summed E-state index contributed by atoms with van der Waals surface area (Å²) in [5.74, 6) is -0.652. The molecule has 0 bridgehead atoms. The lowest BCUT2D eigenvalue weighted by molar-refractivity contribution is -0.385. The Labute approximate surface area is 172 Å². The van der Waals surface area contributed by atoms with Gasteiger partial charge in [-0.25, -0.2) is 0 Å². The fourth-order valence-corrected chi connectivity index (χ4v) is 3.21. The molecule has 152 valence electrons. The summed E-state index contributed by atoms with van der Waals surface area (Å²) >= 11 is 6.05. The molecule has 0 aliphatic rings. The molecule has 29 heavy (non-hydrogen) atoms. The molecule has 0 aliphatic carbocycles. The van der Waals surface area contributed by atoms with Crippen LogP contribution in [0.3, 0.4) is 0 Å². The Bertz CT molecular complexity index is 1060. The number of nitrogens with one attached hydrogen (secondary N) is 1. The first-order valence-corrected chi connectivity index (χ1v) is 9.38. The smallest absolute Gasteiger partial charge is 0.306 e. The van der Waals surface area contributed by atoms with Gasteiger partial charge in [0.2, 0.25) is 5.91 Å². The van der Waals surface area contributed by atoms with Crippen LogP contribution in [-0.2, 0) is 17.9 Å². The number of benzene rings is 1. The van der Waals surface area contributed by atoms with Crippen LogP contribution in [0.4, 0.5) is 11.4 Å². The first-order chi connectivity index (χ1) is 13.7. The van der Waals surface area contributed by atoms with E-state index in [2.05, 4.69) is 15.5 Å². The van der Waals surface area contributed by atoms with Crippen LogP contribution in [0, 0.1) is 29.9 Å². The number of aryl methyl sites for hydroxylation is 1. The number of nitrogens with zero attached hydrogens (tertiary/aromatic N) is 5.